The van der Waals surface area contributed by atoms with E-state index in [1.807, 2.05) is 36.4 Å². The van der Waals surface area contributed by atoms with Crippen molar-refractivity contribution in [3.8, 4) is 0 Å². The molecule has 0 aliphatic heterocycles. The summed E-state index contributed by atoms with van der Waals surface area (Å²) in [5.74, 6) is 1.42. The van der Waals surface area contributed by atoms with E-state index in [9.17, 15) is 0 Å². The first-order chi connectivity index (χ1) is 15.1. The molecule has 0 spiro atoms. The molecule has 32 heavy (non-hydrogen) atoms. The molecule has 0 fully saturated rings. The molecule has 172 valence electrons. The van der Waals surface area contributed by atoms with Gasteiger partial charge in [0.2, 0.25) is 0 Å². The van der Waals surface area contributed by atoms with Gasteiger partial charge < -0.3 is 4.42 Å². The van der Waals surface area contributed by atoms with Gasteiger partial charge in [0, 0.05) is 0 Å². The first-order valence-corrected chi connectivity index (χ1v) is 15.7. The molecule has 0 unspecified atom stereocenters. The van der Waals surface area contributed by atoms with Crippen LogP contribution in [0, 0.1) is 0 Å². The fraction of sp³-hybridized carbons (Fsp3) is 0.308. The predicted molar refractivity (Wildman–Crippen MR) is 141 cm³/mol. The van der Waals surface area contributed by atoms with Crippen molar-refractivity contribution >= 4 is 52.0 Å². The van der Waals surface area contributed by atoms with Gasteiger partial charge in [0.25, 0.3) is 0 Å². The number of hydrogen-bond acceptors (Lipinski definition) is 3. The van der Waals surface area contributed by atoms with Gasteiger partial charge in [-0.05, 0) is 46.2 Å². The van der Waals surface area contributed by atoms with E-state index in [2.05, 4.69) is 104 Å². The molecule has 3 rings (SSSR count). The average Bonchev–Trinajstić information content (AvgIpc) is 3.18. The van der Waals surface area contributed by atoms with Crippen molar-refractivity contribution in [1.82, 2.24) is 0 Å². The normalized spacial score (nSPS) is 12.4. The van der Waals surface area contributed by atoms with Gasteiger partial charge in [-0.2, -0.15) is 0 Å². The Morgan fingerprint density at radius 3 is 1.34 bits per heavy atom. The van der Waals surface area contributed by atoms with E-state index in [-0.39, 0.29) is 10.8 Å². The molecule has 6 heteroatoms. The zero-order valence-corrected chi connectivity index (χ0v) is 23.6. The van der Waals surface area contributed by atoms with E-state index in [0.29, 0.717) is 11.5 Å². The minimum atomic E-state index is 0.0371. The Morgan fingerprint density at radius 2 is 1.00 bits per heavy atom. The van der Waals surface area contributed by atoms with E-state index in [1.165, 1.54) is 11.1 Å². The van der Waals surface area contributed by atoms with Crippen molar-refractivity contribution < 1.29 is 15.8 Å². The van der Waals surface area contributed by atoms with Crippen molar-refractivity contribution in [3.63, 3.8) is 0 Å². The second-order valence-electron chi connectivity index (χ2n) is 9.34. The summed E-state index contributed by atoms with van der Waals surface area (Å²) in [5, 5.41) is 0. The van der Waals surface area contributed by atoms with Crippen molar-refractivity contribution in [2.45, 2.75) is 52.4 Å². The van der Waals surface area contributed by atoms with Gasteiger partial charge in [-0.3, -0.25) is 9.98 Å². The van der Waals surface area contributed by atoms with Crippen molar-refractivity contribution in [3.05, 3.63) is 83.3 Å². The first-order valence-electron chi connectivity index (χ1n) is 10.3. The monoisotopic (exact) mass is 600 g/mol. The number of para-hydroxylation sites is 2. The van der Waals surface area contributed by atoms with Crippen LogP contribution in [0.15, 0.2) is 75.1 Å². The van der Waals surface area contributed by atoms with E-state index in [1.54, 1.807) is 12.4 Å². The molecule has 2 aromatic carbocycles. The van der Waals surface area contributed by atoms with Crippen molar-refractivity contribution in [1.29, 1.82) is 0 Å². The number of halogens is 2. The van der Waals surface area contributed by atoms with Crippen LogP contribution in [0.5, 0.6) is 0 Å². The van der Waals surface area contributed by atoms with Gasteiger partial charge in [0.1, 0.15) is 11.5 Å². The molecule has 0 radical (unpaired) electrons. The van der Waals surface area contributed by atoms with Crippen LogP contribution in [0.2, 0.25) is 0 Å². The van der Waals surface area contributed by atoms with Gasteiger partial charge >= 0.3 is 39.6 Å². The third-order valence-corrected chi connectivity index (χ3v) is 4.73. The van der Waals surface area contributed by atoms with Crippen LogP contribution in [0.4, 0.5) is 11.4 Å². The number of aliphatic imine (C=N–C) groups is 2. The second kappa shape index (κ2) is 12.1. The summed E-state index contributed by atoms with van der Waals surface area (Å²) in [6.45, 7) is 13.2. The van der Waals surface area contributed by atoms with Crippen LogP contribution in [-0.2, 0) is 22.2 Å². The molecule has 0 aliphatic carbocycles. The van der Waals surface area contributed by atoms with Gasteiger partial charge in [0.15, 0.2) is 0 Å². The summed E-state index contributed by atoms with van der Waals surface area (Å²) in [6.07, 6.45) is 3.54. The zero-order chi connectivity index (χ0) is 23.8. The first kappa shape index (κ1) is 26.8. The maximum atomic E-state index is 5.88. The third kappa shape index (κ3) is 8.15. The molecule has 0 saturated heterocycles. The molecule has 0 N–H and O–H groups in total. The Labute approximate surface area is 212 Å². The standard InChI is InChI=1S/C26H30N2O.2BrH.Fe/c1-25(2,3)21-11-7-9-13-23(21)27-17-19-15-16-20(29-19)18-28-24-14-10-8-12-22(24)26(4,5)6;;;/h7-18H,1-6H3;2*1H;/q;;;+2/p-2. The SMILES string of the molecule is CC(C)(C)c1ccccc1N=Cc1ccc(C=Nc2ccccc2C(C)(C)C)o1.[Br][Fe][Br]. The van der Waals surface area contributed by atoms with Crippen LogP contribution in [0.3, 0.4) is 0 Å². The number of nitrogens with zero attached hydrogens (tertiary/aromatic N) is 2. The van der Waals surface area contributed by atoms with Crippen molar-refractivity contribution in [2.75, 3.05) is 0 Å². The van der Waals surface area contributed by atoms with Gasteiger partial charge in [-0.25, -0.2) is 0 Å². The minimum absolute atomic E-state index is 0.0371. The Kier molecular flexibility index (Phi) is 10.2. The summed E-state index contributed by atoms with van der Waals surface area (Å²) in [5.41, 5.74) is 4.42. The maximum absolute atomic E-state index is 5.88. The molecule has 3 nitrogen and oxygen atoms in total. The number of furan rings is 1. The second-order valence-corrected chi connectivity index (χ2v) is 14.9. The van der Waals surface area contributed by atoms with E-state index >= 15 is 0 Å². The molecule has 0 aliphatic rings. The van der Waals surface area contributed by atoms with E-state index in [4.69, 9.17) is 4.42 Å². The number of rotatable bonds is 4. The molecule has 3 aromatic rings. The number of benzene rings is 2. The zero-order valence-electron chi connectivity index (χ0n) is 19.3. The molecule has 0 atom stereocenters. The predicted octanol–water partition coefficient (Wildman–Crippen LogP) is 9.06. The summed E-state index contributed by atoms with van der Waals surface area (Å²) in [7, 11) is 0. The Hall–Kier alpha value is -1.46. The van der Waals surface area contributed by atoms with Crippen LogP contribution in [0.25, 0.3) is 0 Å². The summed E-state index contributed by atoms with van der Waals surface area (Å²) in [4.78, 5) is 9.32. The molecule has 0 amide bonds. The Bertz CT molecular complexity index is 978. The van der Waals surface area contributed by atoms with Crippen LogP contribution in [0.1, 0.15) is 64.2 Å². The molecule has 0 bridgehead atoms. The van der Waals surface area contributed by atoms with Crippen LogP contribution >= 0.6 is 28.2 Å². The Balaban J connectivity index is 0.00000114. The fourth-order valence-corrected chi connectivity index (χ4v) is 3.21. The molecule has 1 heterocycles. The van der Waals surface area contributed by atoms with Crippen LogP contribution in [-0.4, -0.2) is 12.4 Å². The summed E-state index contributed by atoms with van der Waals surface area (Å²) >= 11 is 7.00. The third-order valence-electron chi connectivity index (χ3n) is 4.73. The average molecular weight is 602 g/mol. The quantitative estimate of drug-likeness (QED) is 0.217. The van der Waals surface area contributed by atoms with E-state index < -0.39 is 0 Å². The Morgan fingerprint density at radius 1 is 0.656 bits per heavy atom. The van der Waals surface area contributed by atoms with E-state index in [0.717, 1.165) is 22.7 Å². The molecule has 1 aromatic heterocycles. The van der Waals surface area contributed by atoms with Crippen molar-refractivity contribution in [2.24, 2.45) is 9.98 Å². The van der Waals surface area contributed by atoms with Gasteiger partial charge in [-0.1, -0.05) is 77.9 Å². The summed E-state index contributed by atoms with van der Waals surface area (Å²) < 4.78 is 5.88. The molecular formula is C26H30Br2FeN2O. The molecular weight excluding hydrogens is 572 g/mol. The molecule has 0 saturated carbocycles. The number of hydrogen-bond donors (Lipinski definition) is 0. The van der Waals surface area contributed by atoms with Gasteiger partial charge in [0.05, 0.1) is 23.8 Å². The topological polar surface area (TPSA) is 37.9 Å². The van der Waals surface area contributed by atoms with Crippen LogP contribution < -0.4 is 0 Å². The summed E-state index contributed by atoms with van der Waals surface area (Å²) in [6, 6.07) is 20.3. The van der Waals surface area contributed by atoms with Gasteiger partial charge in [-0.15, -0.1) is 0 Å². The fourth-order valence-electron chi connectivity index (χ4n) is 3.21.